The van der Waals surface area contributed by atoms with Gasteiger partial charge in [0, 0.05) is 16.8 Å². The second kappa shape index (κ2) is 8.49. The van der Waals surface area contributed by atoms with Crippen molar-refractivity contribution in [3.05, 3.63) is 63.4 Å². The lowest BCUT2D eigenvalue weighted by Crippen LogP contribution is -2.91. The number of benzene rings is 2. The van der Waals surface area contributed by atoms with E-state index in [1.807, 2.05) is 6.92 Å². The molecule has 0 unspecified atom stereocenters. The van der Waals surface area contributed by atoms with Gasteiger partial charge in [0.25, 0.3) is 5.91 Å². The molecule has 8 heteroatoms. The highest BCUT2D eigenvalue weighted by atomic mass is 35.5. The number of anilines is 1. The van der Waals surface area contributed by atoms with Gasteiger partial charge in [0.05, 0.1) is 10.0 Å². The van der Waals surface area contributed by atoms with E-state index in [0.29, 0.717) is 21.8 Å². The van der Waals surface area contributed by atoms with Crippen molar-refractivity contribution in [2.24, 2.45) is 5.73 Å². The first-order valence-electron chi connectivity index (χ1n) is 7.89. The van der Waals surface area contributed by atoms with Gasteiger partial charge in [0.15, 0.2) is 6.04 Å². The molecule has 2 rings (SSSR count). The molecule has 0 aliphatic heterocycles. The third kappa shape index (κ3) is 4.94. The zero-order valence-electron chi connectivity index (χ0n) is 14.2. The van der Waals surface area contributed by atoms with Crippen LogP contribution in [0.1, 0.15) is 35.8 Å². The van der Waals surface area contributed by atoms with Crippen LogP contribution in [0.25, 0.3) is 0 Å². The smallest absolute Gasteiger partial charge is 0.282 e. The molecule has 0 heterocycles. The Morgan fingerprint density at radius 3 is 2.31 bits per heavy atom. The summed E-state index contributed by atoms with van der Waals surface area (Å²) in [6.07, 6.45) is 0. The predicted octanol–water partition coefficient (Wildman–Crippen LogP) is 2.88. The van der Waals surface area contributed by atoms with Gasteiger partial charge in [0.2, 0.25) is 5.91 Å². The maximum atomic E-state index is 13.7. The molecular weight excluding hydrogens is 380 g/mol. The van der Waals surface area contributed by atoms with Gasteiger partial charge in [-0.25, -0.2) is 4.39 Å². The van der Waals surface area contributed by atoms with Gasteiger partial charge in [-0.2, -0.15) is 0 Å². The van der Waals surface area contributed by atoms with Gasteiger partial charge in [-0.15, -0.1) is 0 Å². The van der Waals surface area contributed by atoms with E-state index >= 15 is 0 Å². The molecule has 0 saturated carbocycles. The Labute approximate surface area is 160 Å². The van der Waals surface area contributed by atoms with Crippen molar-refractivity contribution >= 4 is 40.7 Å². The second-order valence-corrected chi connectivity index (χ2v) is 6.80. The lowest BCUT2D eigenvalue weighted by molar-refractivity contribution is -0.709. The number of carbonyl (C=O) groups is 2. The van der Waals surface area contributed by atoms with Gasteiger partial charge >= 0.3 is 0 Å². The molecule has 0 saturated heterocycles. The lowest BCUT2D eigenvalue weighted by atomic mass is 10.1. The summed E-state index contributed by atoms with van der Waals surface area (Å²) in [6, 6.07) is 8.17. The van der Waals surface area contributed by atoms with Crippen molar-refractivity contribution in [1.29, 1.82) is 0 Å². The van der Waals surface area contributed by atoms with Crippen molar-refractivity contribution in [2.75, 3.05) is 5.32 Å². The van der Waals surface area contributed by atoms with Crippen LogP contribution >= 0.6 is 23.2 Å². The molecule has 138 valence electrons. The van der Waals surface area contributed by atoms with E-state index in [1.165, 1.54) is 24.3 Å². The summed E-state index contributed by atoms with van der Waals surface area (Å²) in [6.45, 7) is 3.55. The Morgan fingerprint density at radius 1 is 1.12 bits per heavy atom. The molecule has 2 amide bonds. The highest BCUT2D eigenvalue weighted by Gasteiger charge is 2.23. The normalized spacial score (nSPS) is 13.1. The summed E-state index contributed by atoms with van der Waals surface area (Å²) in [5.41, 5.74) is 6.64. The van der Waals surface area contributed by atoms with Gasteiger partial charge < -0.3 is 16.4 Å². The lowest BCUT2D eigenvalue weighted by Gasteiger charge is -2.18. The topological polar surface area (TPSA) is 88.8 Å². The molecule has 0 radical (unpaired) electrons. The van der Waals surface area contributed by atoms with Crippen LogP contribution in [0, 0.1) is 5.82 Å². The summed E-state index contributed by atoms with van der Waals surface area (Å²) in [7, 11) is 0. The number of carbonyl (C=O) groups excluding carboxylic acids is 2. The van der Waals surface area contributed by atoms with Crippen LogP contribution in [-0.2, 0) is 4.79 Å². The van der Waals surface area contributed by atoms with E-state index in [4.69, 9.17) is 28.9 Å². The van der Waals surface area contributed by atoms with E-state index < -0.39 is 17.8 Å². The minimum atomic E-state index is -0.557. The molecule has 2 atom stereocenters. The summed E-state index contributed by atoms with van der Waals surface area (Å²) < 4.78 is 13.7. The van der Waals surface area contributed by atoms with Crippen LogP contribution in [0.4, 0.5) is 10.1 Å². The van der Waals surface area contributed by atoms with Crippen molar-refractivity contribution in [3.8, 4) is 0 Å². The first-order valence-corrected chi connectivity index (χ1v) is 8.64. The van der Waals surface area contributed by atoms with Crippen molar-refractivity contribution in [3.63, 3.8) is 0 Å². The van der Waals surface area contributed by atoms with Gasteiger partial charge in [-0.1, -0.05) is 23.2 Å². The van der Waals surface area contributed by atoms with Crippen LogP contribution in [0.5, 0.6) is 0 Å². The zero-order valence-corrected chi connectivity index (χ0v) is 15.7. The number of quaternary nitrogens is 1. The first kappa shape index (κ1) is 20.2. The van der Waals surface area contributed by atoms with Gasteiger partial charge in [-0.05, 0) is 50.2 Å². The Kier molecular flexibility index (Phi) is 6.58. The molecular formula is C18H19Cl2FN3O2+. The van der Waals surface area contributed by atoms with Crippen LogP contribution in [0.3, 0.4) is 0 Å². The molecule has 26 heavy (non-hydrogen) atoms. The summed E-state index contributed by atoms with van der Waals surface area (Å²) in [4.78, 5) is 23.4. The number of amides is 2. The van der Waals surface area contributed by atoms with Crippen LogP contribution in [0.2, 0.25) is 10.0 Å². The van der Waals surface area contributed by atoms with Crippen LogP contribution in [0.15, 0.2) is 36.4 Å². The molecule has 5 nitrogen and oxygen atoms in total. The Hall–Kier alpha value is -2.15. The summed E-state index contributed by atoms with van der Waals surface area (Å²) >= 11 is 11.8. The Bertz CT molecular complexity index is 828. The fraction of sp³-hybridized carbons (Fsp3) is 0.222. The minimum Gasteiger partial charge on any atom is -0.366 e. The predicted molar refractivity (Wildman–Crippen MR) is 99.8 cm³/mol. The highest BCUT2D eigenvalue weighted by molar-refractivity contribution is 6.35. The van der Waals surface area contributed by atoms with Gasteiger partial charge in [-0.3, -0.25) is 9.59 Å². The number of hydrogen-bond donors (Lipinski definition) is 3. The van der Waals surface area contributed by atoms with Gasteiger partial charge in [0.1, 0.15) is 11.9 Å². The van der Waals surface area contributed by atoms with E-state index in [9.17, 15) is 14.0 Å². The third-order valence-electron chi connectivity index (χ3n) is 3.96. The summed E-state index contributed by atoms with van der Waals surface area (Å²) in [5.74, 6) is -1.34. The molecule has 5 N–H and O–H groups in total. The largest absolute Gasteiger partial charge is 0.366 e. The minimum absolute atomic E-state index is 0.0452. The van der Waals surface area contributed by atoms with Crippen molar-refractivity contribution in [1.82, 2.24) is 0 Å². The second-order valence-electron chi connectivity index (χ2n) is 5.99. The average molecular weight is 399 g/mol. The number of rotatable bonds is 6. The zero-order chi connectivity index (χ0) is 19.4. The molecule has 0 aromatic heterocycles. The Morgan fingerprint density at radius 2 is 1.73 bits per heavy atom. The van der Waals surface area contributed by atoms with Crippen molar-refractivity contribution < 1.29 is 19.3 Å². The Balaban J connectivity index is 2.02. The molecule has 2 aromatic carbocycles. The van der Waals surface area contributed by atoms with Crippen LogP contribution in [-0.4, -0.2) is 17.9 Å². The molecule has 0 spiro atoms. The quantitative estimate of drug-likeness (QED) is 0.653. The standard InChI is InChI=1S/C18H18Cl2FN3O2/c1-9(13-7-16(21)15(20)8-14(13)19)23-10(2)18(26)24-12-5-3-11(4-6-12)17(22)25/h3-10,23H,1-2H3,(H2,22,25)(H,24,26)/p+1/t9-,10+/m1/s1. The fourth-order valence-electron chi connectivity index (χ4n) is 2.48. The average Bonchev–Trinajstić information content (AvgIpc) is 2.58. The number of halogens is 3. The summed E-state index contributed by atoms with van der Waals surface area (Å²) in [5, 5.41) is 4.81. The number of nitrogens with one attached hydrogen (secondary N) is 1. The number of hydrogen-bond acceptors (Lipinski definition) is 2. The van der Waals surface area contributed by atoms with E-state index in [1.54, 1.807) is 24.4 Å². The third-order valence-corrected chi connectivity index (χ3v) is 4.58. The number of nitrogens with two attached hydrogens (primary N) is 2. The monoisotopic (exact) mass is 398 g/mol. The molecule has 0 aliphatic carbocycles. The van der Waals surface area contributed by atoms with E-state index in [0.717, 1.165) is 0 Å². The SMILES string of the molecule is C[C@H]([NH2+][C@H](C)c1cc(F)c(Cl)cc1Cl)C(=O)Nc1ccc(C(N)=O)cc1. The highest BCUT2D eigenvalue weighted by Crippen LogP contribution is 2.27. The van der Waals surface area contributed by atoms with Crippen LogP contribution < -0.4 is 16.4 Å². The first-order chi connectivity index (χ1) is 12.2. The molecule has 0 fully saturated rings. The maximum Gasteiger partial charge on any atom is 0.282 e. The molecule has 0 bridgehead atoms. The fourth-order valence-corrected chi connectivity index (χ4v) is 3.04. The van der Waals surface area contributed by atoms with Crippen molar-refractivity contribution in [2.45, 2.75) is 25.9 Å². The molecule has 0 aliphatic rings. The number of primary amides is 1. The molecule has 2 aromatic rings. The van der Waals surface area contributed by atoms with E-state index in [-0.39, 0.29) is 17.0 Å². The van der Waals surface area contributed by atoms with E-state index in [2.05, 4.69) is 5.32 Å². The maximum absolute atomic E-state index is 13.7.